The first-order chi connectivity index (χ1) is 18.2. The summed E-state index contributed by atoms with van der Waals surface area (Å²) < 4.78 is 51.4. The van der Waals surface area contributed by atoms with Crippen molar-refractivity contribution >= 4 is 33.6 Å². The number of ether oxygens (including phenoxy) is 2. The molecule has 2 aliphatic heterocycles. The number of carbonyl (C=O) groups excluding carboxylic acids is 3. The van der Waals surface area contributed by atoms with Gasteiger partial charge in [-0.05, 0) is 61.4 Å². The maximum atomic E-state index is 13.4. The van der Waals surface area contributed by atoms with Crippen LogP contribution in [0.25, 0.3) is 0 Å². The summed E-state index contributed by atoms with van der Waals surface area (Å²) in [5, 5.41) is 5.45. The molecule has 0 spiro atoms. The van der Waals surface area contributed by atoms with Gasteiger partial charge in [0.25, 0.3) is 0 Å². The molecule has 2 saturated heterocycles. The summed E-state index contributed by atoms with van der Waals surface area (Å²) in [5.41, 5.74) is 0.719. The van der Waals surface area contributed by atoms with Crippen LogP contribution in [0.3, 0.4) is 0 Å². The number of esters is 1. The lowest BCUT2D eigenvalue weighted by Gasteiger charge is -2.39. The number of carbonyl (C=O) groups is 3. The summed E-state index contributed by atoms with van der Waals surface area (Å²) >= 11 is 0. The smallest absolute Gasteiger partial charge is 0.337 e. The van der Waals surface area contributed by atoms with Crippen LogP contribution in [-0.4, -0.2) is 87.6 Å². The molecule has 11 nitrogen and oxygen atoms in total. The molecule has 38 heavy (non-hydrogen) atoms. The number of rotatable bonds is 7. The van der Waals surface area contributed by atoms with E-state index in [9.17, 15) is 27.2 Å². The molecule has 0 bridgehead atoms. The van der Waals surface area contributed by atoms with Gasteiger partial charge in [0.1, 0.15) is 11.9 Å². The fraction of sp³-hybridized carbons (Fsp3) is 0.400. The zero-order valence-corrected chi connectivity index (χ0v) is 21.6. The molecular formula is C25H29FN4O7S. The highest BCUT2D eigenvalue weighted by Gasteiger charge is 2.41. The summed E-state index contributed by atoms with van der Waals surface area (Å²) in [7, 11) is -2.90. The van der Waals surface area contributed by atoms with E-state index in [1.807, 2.05) is 0 Å². The van der Waals surface area contributed by atoms with Crippen molar-refractivity contribution in [1.82, 2.24) is 14.5 Å². The summed E-state index contributed by atoms with van der Waals surface area (Å²) in [5.74, 6) is -1.67. The van der Waals surface area contributed by atoms with Crippen LogP contribution < -0.4 is 10.6 Å². The number of sulfonamides is 1. The van der Waals surface area contributed by atoms with Crippen molar-refractivity contribution in [2.45, 2.75) is 29.9 Å². The Balaban J connectivity index is 1.50. The van der Waals surface area contributed by atoms with E-state index < -0.39 is 39.8 Å². The maximum Gasteiger partial charge on any atom is 0.337 e. The summed E-state index contributed by atoms with van der Waals surface area (Å²) in [6.45, 7) is 0.487. The Labute approximate surface area is 219 Å². The Kier molecular flexibility index (Phi) is 8.59. The number of anilines is 1. The first-order valence-electron chi connectivity index (χ1n) is 12.1. The molecule has 2 heterocycles. The molecule has 4 rings (SSSR count). The fourth-order valence-corrected chi connectivity index (χ4v) is 5.91. The third kappa shape index (κ3) is 6.29. The topological polar surface area (TPSA) is 134 Å². The largest absolute Gasteiger partial charge is 0.465 e. The number of hydrogen-bond donors (Lipinski definition) is 2. The SMILES string of the molecule is COC(=O)c1ccc(NC(=O)N2CCN(S(=O)(=O)c3ccc(F)cc3)C(C(=O)NCC3CCCO3)C2)cc1. The minimum Gasteiger partial charge on any atom is -0.465 e. The molecule has 204 valence electrons. The molecule has 2 fully saturated rings. The molecule has 0 aliphatic carbocycles. The van der Waals surface area contributed by atoms with Crippen LogP contribution in [-0.2, 0) is 24.3 Å². The van der Waals surface area contributed by atoms with Crippen LogP contribution in [0.2, 0.25) is 0 Å². The van der Waals surface area contributed by atoms with E-state index in [1.54, 1.807) is 0 Å². The van der Waals surface area contributed by atoms with E-state index in [1.165, 1.54) is 36.3 Å². The molecule has 0 aromatic heterocycles. The lowest BCUT2D eigenvalue weighted by atomic mass is 10.2. The maximum absolute atomic E-state index is 13.4. The average Bonchev–Trinajstić information content (AvgIpc) is 3.45. The number of methoxy groups -OCH3 is 1. The van der Waals surface area contributed by atoms with Crippen molar-refractivity contribution in [3.8, 4) is 0 Å². The molecule has 3 amide bonds. The van der Waals surface area contributed by atoms with Gasteiger partial charge in [0.05, 0.1) is 23.7 Å². The van der Waals surface area contributed by atoms with Crippen LogP contribution in [0.1, 0.15) is 23.2 Å². The van der Waals surface area contributed by atoms with Gasteiger partial charge in [-0.15, -0.1) is 0 Å². The van der Waals surface area contributed by atoms with Crippen molar-refractivity contribution in [3.63, 3.8) is 0 Å². The van der Waals surface area contributed by atoms with Gasteiger partial charge in [0.2, 0.25) is 15.9 Å². The van der Waals surface area contributed by atoms with Gasteiger partial charge in [-0.3, -0.25) is 4.79 Å². The quantitative estimate of drug-likeness (QED) is 0.504. The second-order valence-corrected chi connectivity index (χ2v) is 10.8. The summed E-state index contributed by atoms with van der Waals surface area (Å²) in [6, 6.07) is 8.66. The number of benzene rings is 2. The van der Waals surface area contributed by atoms with E-state index in [0.717, 1.165) is 41.4 Å². The zero-order chi connectivity index (χ0) is 27.3. The van der Waals surface area contributed by atoms with Crippen molar-refractivity contribution in [2.24, 2.45) is 0 Å². The molecule has 13 heteroatoms. The Morgan fingerprint density at radius 3 is 2.42 bits per heavy atom. The number of hydrogen-bond acceptors (Lipinski definition) is 7. The predicted molar refractivity (Wildman–Crippen MR) is 134 cm³/mol. The Hall–Kier alpha value is -3.55. The van der Waals surface area contributed by atoms with E-state index in [2.05, 4.69) is 15.4 Å². The van der Waals surface area contributed by atoms with E-state index >= 15 is 0 Å². The first-order valence-corrected chi connectivity index (χ1v) is 13.5. The summed E-state index contributed by atoms with van der Waals surface area (Å²) in [6.07, 6.45) is 1.51. The fourth-order valence-electron chi connectivity index (χ4n) is 4.34. The highest BCUT2D eigenvalue weighted by molar-refractivity contribution is 7.89. The lowest BCUT2D eigenvalue weighted by molar-refractivity contribution is -0.126. The van der Waals surface area contributed by atoms with E-state index in [-0.39, 0.29) is 37.2 Å². The Morgan fingerprint density at radius 2 is 1.79 bits per heavy atom. The minimum atomic E-state index is -4.16. The van der Waals surface area contributed by atoms with Gasteiger partial charge in [-0.25, -0.2) is 22.4 Å². The monoisotopic (exact) mass is 548 g/mol. The molecule has 2 aliphatic rings. The second-order valence-electron chi connectivity index (χ2n) is 8.91. The van der Waals surface area contributed by atoms with Crippen LogP contribution in [0.5, 0.6) is 0 Å². The molecular weight excluding hydrogens is 519 g/mol. The Morgan fingerprint density at radius 1 is 1.08 bits per heavy atom. The number of urea groups is 1. The molecule has 2 aromatic carbocycles. The molecule has 2 N–H and O–H groups in total. The molecule has 2 unspecified atom stereocenters. The Bertz CT molecular complexity index is 1270. The third-order valence-corrected chi connectivity index (χ3v) is 8.35. The lowest BCUT2D eigenvalue weighted by Crippen LogP contribution is -2.62. The van der Waals surface area contributed by atoms with Gasteiger partial charge in [-0.2, -0.15) is 4.31 Å². The highest BCUT2D eigenvalue weighted by atomic mass is 32.2. The molecule has 2 aromatic rings. The standard InChI is InChI=1S/C25H29FN4O7S/c1-36-24(32)17-4-8-19(9-5-17)28-25(33)29-12-13-30(38(34,35)21-10-6-18(26)7-11-21)22(16-29)23(31)27-15-20-3-2-14-37-20/h4-11,20,22H,2-3,12-16H2,1H3,(H,27,31)(H,28,33). The number of piperazine rings is 1. The summed E-state index contributed by atoms with van der Waals surface area (Å²) in [4.78, 5) is 39.0. The molecule has 0 saturated carbocycles. The van der Waals surface area contributed by atoms with Crippen molar-refractivity contribution in [3.05, 3.63) is 59.9 Å². The number of nitrogens with one attached hydrogen (secondary N) is 2. The average molecular weight is 549 g/mol. The van der Waals surface area contributed by atoms with Crippen LogP contribution in [0, 0.1) is 5.82 Å². The van der Waals surface area contributed by atoms with Crippen molar-refractivity contribution < 1.29 is 36.7 Å². The number of nitrogens with zero attached hydrogens (tertiary/aromatic N) is 2. The van der Waals surface area contributed by atoms with Gasteiger partial charge in [0.15, 0.2) is 0 Å². The second kappa shape index (κ2) is 11.9. The van der Waals surface area contributed by atoms with E-state index in [4.69, 9.17) is 4.74 Å². The van der Waals surface area contributed by atoms with Crippen LogP contribution in [0.4, 0.5) is 14.9 Å². The first kappa shape index (κ1) is 27.5. The van der Waals surface area contributed by atoms with Gasteiger partial charge in [-0.1, -0.05) is 0 Å². The van der Waals surface area contributed by atoms with Crippen molar-refractivity contribution in [1.29, 1.82) is 0 Å². The third-order valence-electron chi connectivity index (χ3n) is 6.43. The van der Waals surface area contributed by atoms with Gasteiger partial charge >= 0.3 is 12.0 Å². The normalized spacial score (nSPS) is 20.1. The predicted octanol–water partition coefficient (Wildman–Crippen LogP) is 1.81. The number of halogens is 1. The zero-order valence-electron chi connectivity index (χ0n) is 20.8. The van der Waals surface area contributed by atoms with Crippen LogP contribution >= 0.6 is 0 Å². The van der Waals surface area contributed by atoms with Gasteiger partial charge in [0, 0.05) is 38.5 Å². The van der Waals surface area contributed by atoms with E-state index in [0.29, 0.717) is 17.9 Å². The highest BCUT2D eigenvalue weighted by Crippen LogP contribution is 2.23. The molecule has 0 radical (unpaired) electrons. The van der Waals surface area contributed by atoms with Crippen molar-refractivity contribution in [2.75, 3.05) is 45.2 Å². The minimum absolute atomic E-state index is 0.0159. The molecule has 2 atom stereocenters. The van der Waals surface area contributed by atoms with Crippen LogP contribution in [0.15, 0.2) is 53.4 Å². The number of amides is 3. The van der Waals surface area contributed by atoms with Gasteiger partial charge < -0.3 is 25.0 Å².